The van der Waals surface area contributed by atoms with Crippen molar-refractivity contribution in [2.75, 3.05) is 31.1 Å². The van der Waals surface area contributed by atoms with Gasteiger partial charge in [-0.3, -0.25) is 4.79 Å². The van der Waals surface area contributed by atoms with E-state index in [1.54, 1.807) is 6.07 Å². The van der Waals surface area contributed by atoms with Gasteiger partial charge in [0, 0.05) is 28.2 Å². The molecule has 4 nitrogen and oxygen atoms in total. The van der Waals surface area contributed by atoms with Crippen LogP contribution in [0.25, 0.3) is 0 Å². The number of hydrogen-bond acceptors (Lipinski definition) is 5. The topological polar surface area (TPSA) is 32.8 Å². The van der Waals surface area contributed by atoms with Gasteiger partial charge in [-0.1, -0.05) is 57.0 Å². The van der Waals surface area contributed by atoms with E-state index in [0.717, 1.165) is 80.1 Å². The van der Waals surface area contributed by atoms with E-state index in [9.17, 15) is 18.0 Å². The van der Waals surface area contributed by atoms with Crippen LogP contribution in [0, 0.1) is 5.41 Å². The summed E-state index contributed by atoms with van der Waals surface area (Å²) in [5.74, 6) is -0.0869. The number of ether oxygens (including phenoxy) is 1. The normalized spacial score (nSPS) is 17.8. The number of alkyl halides is 3. The lowest BCUT2D eigenvalue weighted by Crippen LogP contribution is -2.45. The van der Waals surface area contributed by atoms with E-state index >= 15 is 0 Å². The maximum absolute atomic E-state index is 13.5. The number of esters is 1. The molecule has 0 saturated carbocycles. The number of carbonyl (C=O) groups is 1. The van der Waals surface area contributed by atoms with Crippen molar-refractivity contribution in [2.45, 2.75) is 94.2 Å². The van der Waals surface area contributed by atoms with E-state index in [-0.39, 0.29) is 17.5 Å². The minimum atomic E-state index is -4.37. The Hall–Kier alpha value is -2.19. The summed E-state index contributed by atoms with van der Waals surface area (Å²) in [7, 11) is 0. The van der Waals surface area contributed by atoms with Gasteiger partial charge in [0.05, 0.1) is 16.9 Å². The lowest BCUT2D eigenvalue weighted by molar-refractivity contribution is -0.156. The SMILES string of the molecule is CCCCCCC(=O)OC(C)C1(C)CCN(CCCN2c3ccccc3Sc3ccc(C(F)(F)F)cc32)CC1. The molecule has 0 N–H and O–H groups in total. The summed E-state index contributed by atoms with van der Waals surface area (Å²) in [6.45, 7) is 9.78. The lowest BCUT2D eigenvalue weighted by Gasteiger charge is -2.42. The smallest absolute Gasteiger partial charge is 0.416 e. The standard InChI is InChI=1S/C31H41F3N2O2S/c1-4-5-6-7-13-29(37)38-23(2)30(3)16-20-35(21-17-30)18-10-19-36-25-11-8-9-12-27(25)39-28-15-14-24(22-26(28)36)31(32,33)34/h8-9,11-12,14-15,22-23H,4-7,10,13,16-21H2,1-3H3. The molecule has 1 unspecified atom stereocenters. The molecule has 0 amide bonds. The second-order valence-corrected chi connectivity index (χ2v) is 12.3. The molecule has 1 atom stereocenters. The molecule has 2 aromatic carbocycles. The molecule has 0 aliphatic carbocycles. The summed E-state index contributed by atoms with van der Waals surface area (Å²) < 4.78 is 46.3. The Bertz CT molecular complexity index is 1120. The van der Waals surface area contributed by atoms with E-state index in [2.05, 4.69) is 18.7 Å². The lowest BCUT2D eigenvalue weighted by atomic mass is 9.76. The number of piperidine rings is 1. The number of unbranched alkanes of at least 4 members (excludes halogenated alkanes) is 3. The van der Waals surface area contributed by atoms with Gasteiger partial charge in [0.25, 0.3) is 0 Å². The Morgan fingerprint density at radius 3 is 2.44 bits per heavy atom. The summed E-state index contributed by atoms with van der Waals surface area (Å²) >= 11 is 1.52. The highest BCUT2D eigenvalue weighted by Crippen LogP contribution is 2.49. The van der Waals surface area contributed by atoms with Crippen molar-refractivity contribution in [2.24, 2.45) is 5.41 Å². The van der Waals surface area contributed by atoms with Crippen LogP contribution in [0.5, 0.6) is 0 Å². The van der Waals surface area contributed by atoms with Crippen molar-refractivity contribution in [3.05, 3.63) is 48.0 Å². The van der Waals surface area contributed by atoms with Crippen molar-refractivity contribution in [1.29, 1.82) is 0 Å². The molecule has 39 heavy (non-hydrogen) atoms. The van der Waals surface area contributed by atoms with Crippen molar-refractivity contribution < 1.29 is 22.7 Å². The number of anilines is 2. The zero-order valence-corrected chi connectivity index (χ0v) is 24.2. The van der Waals surface area contributed by atoms with Crippen LogP contribution in [0.15, 0.2) is 52.3 Å². The predicted octanol–water partition coefficient (Wildman–Crippen LogP) is 8.70. The average molecular weight is 563 g/mol. The van der Waals surface area contributed by atoms with Gasteiger partial charge in [0.15, 0.2) is 0 Å². The Morgan fingerprint density at radius 2 is 1.72 bits per heavy atom. The Labute approximate surface area is 235 Å². The summed E-state index contributed by atoms with van der Waals surface area (Å²) in [6, 6.07) is 12.0. The van der Waals surface area contributed by atoms with Gasteiger partial charge >= 0.3 is 12.1 Å². The summed E-state index contributed by atoms with van der Waals surface area (Å²) in [5, 5.41) is 0. The average Bonchev–Trinajstić information content (AvgIpc) is 2.91. The van der Waals surface area contributed by atoms with Gasteiger partial charge in [-0.05, 0) is 82.6 Å². The molecule has 4 rings (SSSR count). The van der Waals surface area contributed by atoms with Crippen molar-refractivity contribution in [1.82, 2.24) is 4.90 Å². The molecule has 0 bridgehead atoms. The Morgan fingerprint density at radius 1 is 1.00 bits per heavy atom. The zero-order chi connectivity index (χ0) is 28.0. The largest absolute Gasteiger partial charge is 0.462 e. The third-order valence-electron chi connectivity index (χ3n) is 8.33. The van der Waals surface area contributed by atoms with E-state index in [0.29, 0.717) is 18.7 Å². The fourth-order valence-corrected chi connectivity index (χ4v) is 6.56. The van der Waals surface area contributed by atoms with Crippen LogP contribution in [-0.2, 0) is 15.7 Å². The molecule has 0 aromatic heterocycles. The van der Waals surface area contributed by atoms with E-state index in [4.69, 9.17) is 4.74 Å². The molecule has 1 saturated heterocycles. The van der Waals surface area contributed by atoms with E-state index in [1.165, 1.54) is 23.9 Å². The van der Waals surface area contributed by atoms with Gasteiger partial charge in [0.2, 0.25) is 0 Å². The quantitative estimate of drug-likeness (QED) is 0.202. The number of halogens is 3. The highest BCUT2D eigenvalue weighted by molar-refractivity contribution is 7.99. The van der Waals surface area contributed by atoms with Crippen molar-refractivity contribution in [3.63, 3.8) is 0 Å². The molecule has 214 valence electrons. The number of fused-ring (bicyclic) bond motifs is 2. The first-order chi connectivity index (χ1) is 18.6. The van der Waals surface area contributed by atoms with Crippen LogP contribution in [0.2, 0.25) is 0 Å². The Balaban J connectivity index is 1.31. The summed E-state index contributed by atoms with van der Waals surface area (Å²) in [4.78, 5) is 18.7. The number of para-hydroxylation sites is 1. The van der Waals surface area contributed by atoms with Gasteiger partial charge < -0.3 is 14.5 Å². The Kier molecular flexibility index (Phi) is 9.92. The molecule has 1 fully saturated rings. The molecule has 0 spiro atoms. The monoisotopic (exact) mass is 562 g/mol. The molecule has 2 aliphatic rings. The fourth-order valence-electron chi connectivity index (χ4n) is 5.49. The number of hydrogen-bond donors (Lipinski definition) is 0. The molecular formula is C31H41F3N2O2S. The minimum Gasteiger partial charge on any atom is -0.462 e. The van der Waals surface area contributed by atoms with Crippen LogP contribution in [0.4, 0.5) is 24.5 Å². The van der Waals surface area contributed by atoms with E-state index < -0.39 is 11.7 Å². The summed E-state index contributed by atoms with van der Waals surface area (Å²) in [6.07, 6.45) is 3.04. The third kappa shape index (κ3) is 7.51. The molecule has 2 heterocycles. The van der Waals surface area contributed by atoms with Crippen LogP contribution >= 0.6 is 11.8 Å². The van der Waals surface area contributed by atoms with Crippen molar-refractivity contribution >= 4 is 29.1 Å². The first-order valence-corrected chi connectivity index (χ1v) is 15.1. The number of nitrogens with zero attached hydrogens (tertiary/aromatic N) is 2. The highest BCUT2D eigenvalue weighted by Gasteiger charge is 2.37. The van der Waals surface area contributed by atoms with Crippen LogP contribution in [0.3, 0.4) is 0 Å². The van der Waals surface area contributed by atoms with E-state index in [1.807, 2.05) is 36.1 Å². The number of benzene rings is 2. The minimum absolute atomic E-state index is 0.0362. The number of rotatable bonds is 11. The van der Waals surface area contributed by atoms with Crippen LogP contribution in [0.1, 0.15) is 77.7 Å². The van der Waals surface area contributed by atoms with Crippen LogP contribution in [-0.4, -0.2) is 43.2 Å². The second kappa shape index (κ2) is 13.0. The second-order valence-electron chi connectivity index (χ2n) is 11.2. The van der Waals surface area contributed by atoms with Crippen LogP contribution < -0.4 is 4.90 Å². The first-order valence-electron chi connectivity index (χ1n) is 14.3. The maximum Gasteiger partial charge on any atom is 0.416 e. The highest BCUT2D eigenvalue weighted by atomic mass is 32.2. The number of likely N-dealkylation sites (tertiary alicyclic amines) is 1. The molecule has 8 heteroatoms. The zero-order valence-electron chi connectivity index (χ0n) is 23.4. The molecular weight excluding hydrogens is 521 g/mol. The third-order valence-corrected chi connectivity index (χ3v) is 9.46. The van der Waals surface area contributed by atoms with Gasteiger partial charge in [-0.15, -0.1) is 0 Å². The fraction of sp³-hybridized carbons (Fsp3) is 0.581. The van der Waals surface area contributed by atoms with Gasteiger partial charge in [-0.2, -0.15) is 13.2 Å². The van der Waals surface area contributed by atoms with Gasteiger partial charge in [0.1, 0.15) is 6.10 Å². The summed E-state index contributed by atoms with van der Waals surface area (Å²) in [5.41, 5.74) is 0.944. The predicted molar refractivity (Wildman–Crippen MR) is 152 cm³/mol. The molecule has 2 aromatic rings. The maximum atomic E-state index is 13.5. The van der Waals surface area contributed by atoms with Gasteiger partial charge in [-0.25, -0.2) is 0 Å². The first kappa shape index (κ1) is 29.8. The van der Waals surface area contributed by atoms with Crippen molar-refractivity contribution in [3.8, 4) is 0 Å². The number of carbonyl (C=O) groups excluding carboxylic acids is 1. The molecule has 2 aliphatic heterocycles. The molecule has 0 radical (unpaired) electrons.